The SMILES string of the molecule is CN1C=NN2CC(c3ccc(Br)cc3)N=C12. The maximum absolute atomic E-state index is 4.66. The molecule has 82 valence electrons. The van der Waals surface area contributed by atoms with Crippen LogP contribution < -0.4 is 0 Å². The van der Waals surface area contributed by atoms with Crippen LogP contribution in [0.15, 0.2) is 38.8 Å². The van der Waals surface area contributed by atoms with Crippen LogP contribution in [0.3, 0.4) is 0 Å². The van der Waals surface area contributed by atoms with Crippen LogP contribution in [0.25, 0.3) is 0 Å². The number of aliphatic imine (C=N–C) groups is 1. The summed E-state index contributed by atoms with van der Waals surface area (Å²) in [4.78, 5) is 6.60. The summed E-state index contributed by atoms with van der Waals surface area (Å²) in [5.41, 5.74) is 1.23. The summed E-state index contributed by atoms with van der Waals surface area (Å²) in [5.74, 6) is 0.938. The number of nitrogens with zero attached hydrogens (tertiary/aromatic N) is 4. The summed E-state index contributed by atoms with van der Waals surface area (Å²) < 4.78 is 1.09. The molecular weight excluding hydrogens is 268 g/mol. The summed E-state index contributed by atoms with van der Waals surface area (Å²) in [6.45, 7) is 0.831. The molecule has 1 unspecified atom stereocenters. The molecule has 1 aromatic rings. The molecule has 2 heterocycles. The third kappa shape index (κ3) is 1.51. The van der Waals surface area contributed by atoms with Gasteiger partial charge in [-0.05, 0) is 17.7 Å². The molecule has 16 heavy (non-hydrogen) atoms. The van der Waals surface area contributed by atoms with Gasteiger partial charge in [-0.1, -0.05) is 28.1 Å². The molecule has 0 amide bonds. The molecule has 0 aromatic heterocycles. The van der Waals surface area contributed by atoms with Gasteiger partial charge >= 0.3 is 0 Å². The van der Waals surface area contributed by atoms with Gasteiger partial charge in [0.25, 0.3) is 0 Å². The standard InChI is InChI=1S/C11H11BrN4/c1-15-7-13-16-6-10(14-11(15)16)8-2-4-9(12)5-3-8/h2-5,7,10H,6H2,1H3. The minimum Gasteiger partial charge on any atom is -0.303 e. The predicted octanol–water partition coefficient (Wildman–Crippen LogP) is 2.05. The second kappa shape index (κ2) is 3.59. The van der Waals surface area contributed by atoms with E-state index >= 15 is 0 Å². The number of rotatable bonds is 1. The van der Waals surface area contributed by atoms with E-state index < -0.39 is 0 Å². The van der Waals surface area contributed by atoms with E-state index in [1.165, 1.54) is 5.56 Å². The smallest absolute Gasteiger partial charge is 0.223 e. The molecule has 2 aliphatic rings. The molecule has 0 saturated heterocycles. The van der Waals surface area contributed by atoms with Crippen LogP contribution in [-0.4, -0.2) is 35.8 Å². The van der Waals surface area contributed by atoms with Gasteiger partial charge in [-0.2, -0.15) is 5.10 Å². The first-order valence-corrected chi connectivity index (χ1v) is 5.91. The highest BCUT2D eigenvalue weighted by atomic mass is 79.9. The second-order valence-corrected chi connectivity index (χ2v) is 4.84. The van der Waals surface area contributed by atoms with Crippen molar-refractivity contribution >= 4 is 28.2 Å². The van der Waals surface area contributed by atoms with Crippen LogP contribution in [0.1, 0.15) is 11.6 Å². The number of guanidine groups is 1. The Balaban J connectivity index is 1.87. The Morgan fingerprint density at radius 2 is 2.06 bits per heavy atom. The highest BCUT2D eigenvalue weighted by molar-refractivity contribution is 9.10. The van der Waals surface area contributed by atoms with Gasteiger partial charge in [-0.25, -0.2) is 10.0 Å². The monoisotopic (exact) mass is 278 g/mol. The van der Waals surface area contributed by atoms with Crippen LogP contribution in [0.4, 0.5) is 0 Å². The normalized spacial score (nSPS) is 22.6. The van der Waals surface area contributed by atoms with Gasteiger partial charge in [-0.15, -0.1) is 0 Å². The number of hydrogen-bond acceptors (Lipinski definition) is 4. The molecule has 0 radical (unpaired) electrons. The van der Waals surface area contributed by atoms with Crippen LogP contribution in [0, 0.1) is 0 Å². The van der Waals surface area contributed by atoms with Crippen LogP contribution >= 0.6 is 15.9 Å². The number of halogens is 1. The summed E-state index contributed by atoms with van der Waals surface area (Å²) in [5, 5.41) is 6.20. The molecule has 3 rings (SSSR count). The van der Waals surface area contributed by atoms with Gasteiger partial charge in [0.2, 0.25) is 5.96 Å². The maximum Gasteiger partial charge on any atom is 0.223 e. The lowest BCUT2D eigenvalue weighted by Gasteiger charge is -2.10. The van der Waals surface area contributed by atoms with Crippen molar-refractivity contribution in [3.8, 4) is 0 Å². The summed E-state index contributed by atoms with van der Waals surface area (Å²) in [6.07, 6.45) is 1.79. The Morgan fingerprint density at radius 1 is 1.31 bits per heavy atom. The van der Waals surface area contributed by atoms with Crippen molar-refractivity contribution in [2.75, 3.05) is 13.6 Å². The van der Waals surface area contributed by atoms with Gasteiger partial charge in [0.05, 0.1) is 12.6 Å². The molecular formula is C11H11BrN4. The number of hydrazone groups is 1. The fourth-order valence-electron chi connectivity index (χ4n) is 1.92. The highest BCUT2D eigenvalue weighted by Gasteiger charge is 2.31. The average Bonchev–Trinajstić information content (AvgIpc) is 2.83. The number of benzene rings is 1. The van der Waals surface area contributed by atoms with Crippen LogP contribution in [0.5, 0.6) is 0 Å². The van der Waals surface area contributed by atoms with E-state index in [0.717, 1.165) is 17.0 Å². The highest BCUT2D eigenvalue weighted by Crippen LogP contribution is 2.28. The molecule has 4 nitrogen and oxygen atoms in total. The lowest BCUT2D eigenvalue weighted by molar-refractivity contribution is 0.452. The minimum absolute atomic E-state index is 0.197. The van der Waals surface area contributed by atoms with Crippen molar-refractivity contribution < 1.29 is 0 Å². The minimum atomic E-state index is 0.197. The summed E-state index contributed by atoms with van der Waals surface area (Å²) >= 11 is 3.43. The summed E-state index contributed by atoms with van der Waals surface area (Å²) in [7, 11) is 1.96. The maximum atomic E-state index is 4.66. The lowest BCUT2D eigenvalue weighted by Crippen LogP contribution is -2.27. The second-order valence-electron chi connectivity index (χ2n) is 3.92. The molecule has 2 aliphatic heterocycles. The van der Waals surface area contributed by atoms with Gasteiger partial charge in [0, 0.05) is 11.5 Å². The van der Waals surface area contributed by atoms with Gasteiger partial charge in [0.15, 0.2) is 0 Å². The predicted molar refractivity (Wildman–Crippen MR) is 67.3 cm³/mol. The Labute approximate surface area is 102 Å². The molecule has 0 fully saturated rings. The Morgan fingerprint density at radius 3 is 2.75 bits per heavy atom. The topological polar surface area (TPSA) is 31.2 Å². The quantitative estimate of drug-likeness (QED) is 0.787. The molecule has 0 spiro atoms. The molecule has 5 heteroatoms. The van der Waals surface area contributed by atoms with Crippen molar-refractivity contribution in [2.45, 2.75) is 6.04 Å². The zero-order valence-corrected chi connectivity index (χ0v) is 10.4. The van der Waals surface area contributed by atoms with E-state index in [4.69, 9.17) is 0 Å². The van der Waals surface area contributed by atoms with Crippen molar-refractivity contribution in [1.29, 1.82) is 0 Å². The van der Waals surface area contributed by atoms with E-state index in [1.807, 2.05) is 29.1 Å². The first kappa shape index (κ1) is 9.84. The Bertz CT molecular complexity index is 465. The number of hydrogen-bond donors (Lipinski definition) is 0. The van der Waals surface area contributed by atoms with Crippen molar-refractivity contribution in [1.82, 2.24) is 9.91 Å². The van der Waals surface area contributed by atoms with Crippen molar-refractivity contribution in [2.24, 2.45) is 10.1 Å². The third-order valence-corrected chi connectivity index (χ3v) is 3.31. The van der Waals surface area contributed by atoms with E-state index in [0.29, 0.717) is 0 Å². The van der Waals surface area contributed by atoms with Crippen molar-refractivity contribution in [3.63, 3.8) is 0 Å². The van der Waals surface area contributed by atoms with E-state index in [1.54, 1.807) is 6.34 Å². The van der Waals surface area contributed by atoms with E-state index in [2.05, 4.69) is 38.2 Å². The van der Waals surface area contributed by atoms with Crippen molar-refractivity contribution in [3.05, 3.63) is 34.3 Å². The summed E-state index contributed by atoms with van der Waals surface area (Å²) in [6, 6.07) is 8.50. The van der Waals surface area contributed by atoms with Crippen LogP contribution in [-0.2, 0) is 0 Å². The zero-order chi connectivity index (χ0) is 11.1. The largest absolute Gasteiger partial charge is 0.303 e. The molecule has 0 N–H and O–H groups in total. The van der Waals surface area contributed by atoms with E-state index in [-0.39, 0.29) is 6.04 Å². The molecule has 1 aromatic carbocycles. The lowest BCUT2D eigenvalue weighted by atomic mass is 10.1. The zero-order valence-electron chi connectivity index (χ0n) is 8.84. The van der Waals surface area contributed by atoms with Gasteiger partial charge < -0.3 is 4.90 Å². The van der Waals surface area contributed by atoms with Gasteiger partial charge in [0.1, 0.15) is 6.34 Å². The molecule has 1 atom stereocenters. The fraction of sp³-hybridized carbons (Fsp3) is 0.273. The number of fused-ring (bicyclic) bond motifs is 1. The average molecular weight is 279 g/mol. The molecule has 0 aliphatic carbocycles. The molecule has 0 saturated carbocycles. The first-order chi connectivity index (χ1) is 7.74. The van der Waals surface area contributed by atoms with Gasteiger partial charge in [-0.3, -0.25) is 0 Å². The van der Waals surface area contributed by atoms with Crippen LogP contribution in [0.2, 0.25) is 0 Å². The fourth-order valence-corrected chi connectivity index (χ4v) is 2.18. The molecule has 0 bridgehead atoms. The Hall–Kier alpha value is -1.36. The first-order valence-electron chi connectivity index (χ1n) is 5.12. The van der Waals surface area contributed by atoms with E-state index in [9.17, 15) is 0 Å². The third-order valence-electron chi connectivity index (χ3n) is 2.78. The Kier molecular flexibility index (Phi) is 2.21.